The van der Waals surface area contributed by atoms with E-state index in [-0.39, 0.29) is 6.04 Å². The van der Waals surface area contributed by atoms with Crippen LogP contribution in [0.15, 0.2) is 18.2 Å². The summed E-state index contributed by atoms with van der Waals surface area (Å²) in [5.41, 5.74) is 6.96. The molecular weight excluding hydrogens is 264 g/mol. The molecular formula is C17H28N2O2. The molecule has 4 heteroatoms. The molecule has 1 aliphatic rings. The molecule has 0 bridgehead atoms. The highest BCUT2D eigenvalue weighted by molar-refractivity contribution is 5.43. The molecule has 0 saturated carbocycles. The number of nitrogens with zero attached hydrogens (tertiary/aromatic N) is 1. The maximum atomic E-state index is 5.92. The van der Waals surface area contributed by atoms with Crippen LogP contribution in [0.1, 0.15) is 44.2 Å². The molecule has 0 aliphatic carbocycles. The van der Waals surface area contributed by atoms with Gasteiger partial charge in [0.2, 0.25) is 0 Å². The number of nitrogens with two attached hydrogens (primary N) is 1. The predicted molar refractivity (Wildman–Crippen MR) is 86.0 cm³/mol. The van der Waals surface area contributed by atoms with Crippen LogP contribution in [0.25, 0.3) is 0 Å². The minimum atomic E-state index is 0.00355. The van der Waals surface area contributed by atoms with Gasteiger partial charge in [-0.3, -0.25) is 0 Å². The number of ether oxygens (including phenoxy) is 2. The van der Waals surface area contributed by atoms with Gasteiger partial charge in [-0.1, -0.05) is 12.5 Å². The van der Waals surface area contributed by atoms with E-state index in [1.807, 2.05) is 25.1 Å². The van der Waals surface area contributed by atoms with Gasteiger partial charge in [-0.05, 0) is 57.5 Å². The van der Waals surface area contributed by atoms with E-state index in [4.69, 9.17) is 15.2 Å². The van der Waals surface area contributed by atoms with Gasteiger partial charge in [0.1, 0.15) is 0 Å². The highest BCUT2D eigenvalue weighted by atomic mass is 16.5. The SMILES string of the molecule is COc1cc(C(C)N)ccc1OCCC1CCCCN1C. The van der Waals surface area contributed by atoms with Crippen molar-refractivity contribution in [3.63, 3.8) is 0 Å². The maximum absolute atomic E-state index is 5.92. The van der Waals surface area contributed by atoms with Crippen molar-refractivity contribution in [3.8, 4) is 11.5 Å². The number of hydrogen-bond donors (Lipinski definition) is 1. The molecule has 0 amide bonds. The van der Waals surface area contributed by atoms with Crippen molar-refractivity contribution in [1.82, 2.24) is 4.90 Å². The molecule has 1 aromatic rings. The number of piperidine rings is 1. The predicted octanol–water partition coefficient (Wildman–Crippen LogP) is 2.97. The summed E-state index contributed by atoms with van der Waals surface area (Å²) in [6.45, 7) is 3.90. The molecule has 2 unspecified atom stereocenters. The van der Waals surface area contributed by atoms with Gasteiger partial charge >= 0.3 is 0 Å². The van der Waals surface area contributed by atoms with Gasteiger partial charge < -0.3 is 20.1 Å². The molecule has 0 spiro atoms. The van der Waals surface area contributed by atoms with E-state index in [1.54, 1.807) is 7.11 Å². The molecule has 1 fully saturated rings. The lowest BCUT2D eigenvalue weighted by Gasteiger charge is -2.32. The van der Waals surface area contributed by atoms with Crippen molar-refractivity contribution in [2.45, 2.75) is 44.7 Å². The molecule has 4 nitrogen and oxygen atoms in total. The van der Waals surface area contributed by atoms with Crippen LogP contribution >= 0.6 is 0 Å². The molecule has 1 aliphatic heterocycles. The average Bonchev–Trinajstić information content (AvgIpc) is 2.49. The molecule has 2 atom stereocenters. The molecule has 1 saturated heterocycles. The minimum absolute atomic E-state index is 0.00355. The van der Waals surface area contributed by atoms with Crippen molar-refractivity contribution in [3.05, 3.63) is 23.8 Å². The molecule has 2 N–H and O–H groups in total. The third-order valence-electron chi connectivity index (χ3n) is 4.34. The van der Waals surface area contributed by atoms with Gasteiger partial charge in [-0.15, -0.1) is 0 Å². The van der Waals surface area contributed by atoms with Crippen molar-refractivity contribution >= 4 is 0 Å². The summed E-state index contributed by atoms with van der Waals surface area (Å²) in [6, 6.07) is 6.58. The van der Waals surface area contributed by atoms with Gasteiger partial charge in [0.15, 0.2) is 11.5 Å². The molecule has 0 aromatic heterocycles. The fraction of sp³-hybridized carbons (Fsp3) is 0.647. The zero-order chi connectivity index (χ0) is 15.2. The lowest BCUT2D eigenvalue weighted by molar-refractivity contribution is 0.152. The molecule has 118 valence electrons. The highest BCUT2D eigenvalue weighted by Gasteiger charge is 2.18. The van der Waals surface area contributed by atoms with Crippen molar-refractivity contribution in [2.75, 3.05) is 27.3 Å². The Morgan fingerprint density at radius 1 is 1.33 bits per heavy atom. The Kier molecular flexibility index (Phi) is 5.88. The average molecular weight is 292 g/mol. The van der Waals surface area contributed by atoms with Crippen LogP contribution in [0.3, 0.4) is 0 Å². The van der Waals surface area contributed by atoms with E-state index >= 15 is 0 Å². The lowest BCUT2D eigenvalue weighted by Crippen LogP contribution is -2.37. The second-order valence-electron chi connectivity index (χ2n) is 5.97. The quantitative estimate of drug-likeness (QED) is 0.875. The van der Waals surface area contributed by atoms with Crippen LogP contribution in [0.2, 0.25) is 0 Å². The topological polar surface area (TPSA) is 47.7 Å². The fourth-order valence-corrected chi connectivity index (χ4v) is 2.90. The number of benzene rings is 1. The van der Waals surface area contributed by atoms with E-state index < -0.39 is 0 Å². The summed E-state index contributed by atoms with van der Waals surface area (Å²) >= 11 is 0. The zero-order valence-corrected chi connectivity index (χ0v) is 13.5. The fourth-order valence-electron chi connectivity index (χ4n) is 2.90. The second kappa shape index (κ2) is 7.66. The number of methoxy groups -OCH3 is 1. The Balaban J connectivity index is 1.90. The summed E-state index contributed by atoms with van der Waals surface area (Å²) in [5, 5.41) is 0. The lowest BCUT2D eigenvalue weighted by atomic mass is 10.0. The van der Waals surface area contributed by atoms with Gasteiger partial charge in [0, 0.05) is 12.1 Å². The normalized spacial score (nSPS) is 21.0. The Bertz CT molecular complexity index is 448. The third-order valence-corrected chi connectivity index (χ3v) is 4.34. The molecule has 1 heterocycles. The van der Waals surface area contributed by atoms with Gasteiger partial charge in [0.05, 0.1) is 13.7 Å². The van der Waals surface area contributed by atoms with Crippen LogP contribution in [-0.2, 0) is 0 Å². The molecule has 21 heavy (non-hydrogen) atoms. The summed E-state index contributed by atoms with van der Waals surface area (Å²) < 4.78 is 11.3. The second-order valence-corrected chi connectivity index (χ2v) is 5.97. The molecule has 1 aromatic carbocycles. The van der Waals surface area contributed by atoms with Crippen LogP contribution in [0.5, 0.6) is 11.5 Å². The van der Waals surface area contributed by atoms with Crippen LogP contribution in [-0.4, -0.2) is 38.3 Å². The first-order chi connectivity index (χ1) is 10.1. The summed E-state index contributed by atoms with van der Waals surface area (Å²) in [5.74, 6) is 1.57. The third kappa shape index (κ3) is 4.35. The molecule has 2 rings (SSSR count). The van der Waals surface area contributed by atoms with Crippen molar-refractivity contribution in [1.29, 1.82) is 0 Å². The first-order valence-corrected chi connectivity index (χ1v) is 7.88. The maximum Gasteiger partial charge on any atom is 0.161 e. The Morgan fingerprint density at radius 3 is 2.81 bits per heavy atom. The number of hydrogen-bond acceptors (Lipinski definition) is 4. The minimum Gasteiger partial charge on any atom is -0.493 e. The van der Waals surface area contributed by atoms with Gasteiger partial charge in [-0.2, -0.15) is 0 Å². The van der Waals surface area contributed by atoms with Crippen LogP contribution < -0.4 is 15.2 Å². The Morgan fingerprint density at radius 2 is 2.14 bits per heavy atom. The largest absolute Gasteiger partial charge is 0.493 e. The monoisotopic (exact) mass is 292 g/mol. The number of rotatable bonds is 6. The highest BCUT2D eigenvalue weighted by Crippen LogP contribution is 2.30. The van der Waals surface area contributed by atoms with Gasteiger partial charge in [0.25, 0.3) is 0 Å². The van der Waals surface area contributed by atoms with Crippen molar-refractivity contribution in [2.24, 2.45) is 5.73 Å². The van der Waals surface area contributed by atoms with E-state index in [9.17, 15) is 0 Å². The summed E-state index contributed by atoms with van der Waals surface area (Å²) in [4.78, 5) is 2.45. The van der Waals surface area contributed by atoms with Crippen LogP contribution in [0, 0.1) is 0 Å². The van der Waals surface area contributed by atoms with E-state index in [0.29, 0.717) is 6.04 Å². The standard InChI is InChI=1S/C17H28N2O2/c1-13(18)14-7-8-16(17(12-14)20-3)21-11-9-15-6-4-5-10-19(15)2/h7-8,12-13,15H,4-6,9-11,18H2,1-3H3. The number of likely N-dealkylation sites (tertiary alicyclic amines) is 1. The summed E-state index contributed by atoms with van der Waals surface area (Å²) in [7, 11) is 3.88. The van der Waals surface area contributed by atoms with E-state index in [1.165, 1.54) is 25.8 Å². The first-order valence-electron chi connectivity index (χ1n) is 7.88. The summed E-state index contributed by atoms with van der Waals surface area (Å²) in [6.07, 6.45) is 5.00. The Hall–Kier alpha value is -1.26. The van der Waals surface area contributed by atoms with Gasteiger partial charge in [-0.25, -0.2) is 0 Å². The smallest absolute Gasteiger partial charge is 0.161 e. The first kappa shape index (κ1) is 16.1. The zero-order valence-electron chi connectivity index (χ0n) is 13.5. The van der Waals surface area contributed by atoms with Crippen molar-refractivity contribution < 1.29 is 9.47 Å². The molecule has 0 radical (unpaired) electrons. The van der Waals surface area contributed by atoms with Crippen LogP contribution in [0.4, 0.5) is 0 Å². The van der Waals surface area contributed by atoms with E-state index in [0.717, 1.165) is 30.1 Å². The Labute approximate surface area is 128 Å². The van der Waals surface area contributed by atoms with E-state index in [2.05, 4.69) is 11.9 Å².